The van der Waals surface area contributed by atoms with Crippen LogP contribution in [-0.4, -0.2) is 8.42 Å². The second kappa shape index (κ2) is 5.38. The monoisotopic (exact) mass is 388 g/mol. The van der Waals surface area contributed by atoms with Crippen molar-refractivity contribution in [2.45, 2.75) is 11.8 Å². The fraction of sp³-hybridized carbons (Fsp3) is 0.0769. The number of para-hydroxylation sites is 1. The number of rotatable bonds is 3. The summed E-state index contributed by atoms with van der Waals surface area (Å²) < 4.78 is 28.0. The largest absolute Gasteiger partial charge is 0.398 e. The molecule has 0 unspecified atom stereocenters. The molecule has 2 aromatic rings. The molecule has 0 aliphatic rings. The lowest BCUT2D eigenvalue weighted by atomic mass is 10.2. The van der Waals surface area contributed by atoms with Gasteiger partial charge in [-0.1, -0.05) is 18.2 Å². The summed E-state index contributed by atoms with van der Waals surface area (Å²) in [4.78, 5) is 0.0951. The number of hydrogen-bond donors (Lipinski definition) is 2. The number of nitrogen functional groups attached to an aromatic ring is 1. The van der Waals surface area contributed by atoms with Gasteiger partial charge in [-0.3, -0.25) is 4.72 Å². The molecule has 0 amide bonds. The lowest BCUT2D eigenvalue weighted by Gasteiger charge is -2.11. The molecule has 0 atom stereocenters. The van der Waals surface area contributed by atoms with E-state index in [1.807, 2.05) is 19.1 Å². The molecule has 0 aliphatic carbocycles. The molecule has 3 N–H and O–H groups in total. The Morgan fingerprint density at radius 2 is 1.84 bits per heavy atom. The molecule has 4 nitrogen and oxygen atoms in total. The summed E-state index contributed by atoms with van der Waals surface area (Å²) in [5, 5.41) is 0. The Labute approximate surface area is 126 Å². The number of aryl methyl sites for hydroxylation is 1. The van der Waals surface area contributed by atoms with Gasteiger partial charge in [0.25, 0.3) is 10.0 Å². The third-order valence-corrected chi connectivity index (χ3v) is 4.95. The third kappa shape index (κ3) is 3.19. The van der Waals surface area contributed by atoms with Crippen molar-refractivity contribution in [3.8, 4) is 0 Å². The van der Waals surface area contributed by atoms with Crippen LogP contribution in [0.25, 0.3) is 0 Å². The Morgan fingerprint density at radius 1 is 1.16 bits per heavy atom. The van der Waals surface area contributed by atoms with E-state index in [-0.39, 0.29) is 10.6 Å². The highest BCUT2D eigenvalue weighted by Crippen LogP contribution is 2.24. The first-order valence-corrected chi connectivity index (χ1v) is 8.10. The Morgan fingerprint density at radius 3 is 2.47 bits per heavy atom. The molecular formula is C13H13IN2O2S. The van der Waals surface area contributed by atoms with E-state index >= 15 is 0 Å². The maximum atomic E-state index is 12.3. The summed E-state index contributed by atoms with van der Waals surface area (Å²) in [6, 6.07) is 12.0. The van der Waals surface area contributed by atoms with E-state index in [0.29, 0.717) is 5.69 Å². The van der Waals surface area contributed by atoms with Gasteiger partial charge in [0.15, 0.2) is 0 Å². The molecule has 0 radical (unpaired) electrons. The first-order valence-electron chi connectivity index (χ1n) is 5.53. The predicted octanol–water partition coefficient (Wildman–Crippen LogP) is 2.98. The average Bonchev–Trinajstić information content (AvgIpc) is 2.31. The van der Waals surface area contributed by atoms with Crippen molar-refractivity contribution in [3.05, 3.63) is 51.6 Å². The van der Waals surface area contributed by atoms with Gasteiger partial charge in [-0.15, -0.1) is 0 Å². The summed E-state index contributed by atoms with van der Waals surface area (Å²) in [5.74, 6) is 0. The van der Waals surface area contributed by atoms with Crippen LogP contribution in [0.1, 0.15) is 5.56 Å². The maximum absolute atomic E-state index is 12.3. The molecule has 0 spiro atoms. The summed E-state index contributed by atoms with van der Waals surface area (Å²) in [5.41, 5.74) is 7.49. The SMILES string of the molecule is Cc1ccc(S(=O)(=O)Nc2ccccc2I)c(N)c1. The van der Waals surface area contributed by atoms with Gasteiger partial charge in [-0.2, -0.15) is 0 Å². The Kier molecular flexibility index (Phi) is 4.00. The minimum Gasteiger partial charge on any atom is -0.398 e. The van der Waals surface area contributed by atoms with Crippen molar-refractivity contribution in [3.63, 3.8) is 0 Å². The van der Waals surface area contributed by atoms with Crippen molar-refractivity contribution < 1.29 is 8.42 Å². The molecule has 2 rings (SSSR count). The number of anilines is 2. The first kappa shape index (κ1) is 14.1. The summed E-state index contributed by atoms with van der Waals surface area (Å²) >= 11 is 2.08. The molecule has 0 saturated heterocycles. The number of hydrogen-bond acceptors (Lipinski definition) is 3. The maximum Gasteiger partial charge on any atom is 0.263 e. The van der Waals surface area contributed by atoms with Gasteiger partial charge in [0, 0.05) is 3.57 Å². The summed E-state index contributed by atoms with van der Waals surface area (Å²) in [6.07, 6.45) is 0. The van der Waals surface area contributed by atoms with Crippen molar-refractivity contribution in [1.82, 2.24) is 0 Å². The van der Waals surface area contributed by atoms with E-state index in [2.05, 4.69) is 27.3 Å². The van der Waals surface area contributed by atoms with Gasteiger partial charge in [-0.05, 0) is 59.3 Å². The predicted molar refractivity (Wildman–Crippen MR) is 85.6 cm³/mol. The molecule has 100 valence electrons. The van der Waals surface area contributed by atoms with Crippen molar-refractivity contribution in [2.24, 2.45) is 0 Å². The topological polar surface area (TPSA) is 72.2 Å². The van der Waals surface area contributed by atoms with Gasteiger partial charge in [-0.25, -0.2) is 8.42 Å². The van der Waals surface area contributed by atoms with E-state index in [1.165, 1.54) is 6.07 Å². The van der Waals surface area contributed by atoms with Gasteiger partial charge in [0.2, 0.25) is 0 Å². The highest BCUT2D eigenvalue weighted by molar-refractivity contribution is 14.1. The molecule has 0 saturated carbocycles. The molecule has 0 fully saturated rings. The molecule has 0 aromatic heterocycles. The zero-order valence-electron chi connectivity index (χ0n) is 10.2. The number of nitrogens with two attached hydrogens (primary N) is 1. The second-order valence-electron chi connectivity index (χ2n) is 4.13. The first-order chi connectivity index (χ1) is 8.90. The highest BCUT2D eigenvalue weighted by Gasteiger charge is 2.18. The fourth-order valence-electron chi connectivity index (χ4n) is 1.66. The van der Waals surface area contributed by atoms with E-state index < -0.39 is 10.0 Å². The van der Waals surface area contributed by atoms with Crippen LogP contribution in [0, 0.1) is 10.5 Å². The number of sulfonamides is 1. The van der Waals surface area contributed by atoms with E-state index in [0.717, 1.165) is 9.13 Å². The Bertz CT molecular complexity index is 714. The lowest BCUT2D eigenvalue weighted by Crippen LogP contribution is -2.15. The molecule has 2 aromatic carbocycles. The zero-order chi connectivity index (χ0) is 14.0. The quantitative estimate of drug-likeness (QED) is 0.627. The van der Waals surface area contributed by atoms with Crippen LogP contribution >= 0.6 is 22.6 Å². The molecular weight excluding hydrogens is 375 g/mol. The fourth-order valence-corrected chi connectivity index (χ4v) is 3.56. The Hall–Kier alpha value is -1.28. The van der Waals surface area contributed by atoms with Gasteiger partial charge in [0.1, 0.15) is 4.90 Å². The molecule has 6 heteroatoms. The van der Waals surface area contributed by atoms with Crippen LogP contribution in [0.15, 0.2) is 47.4 Å². The zero-order valence-corrected chi connectivity index (χ0v) is 13.2. The number of halogens is 1. The van der Waals surface area contributed by atoms with Crippen LogP contribution in [0.3, 0.4) is 0 Å². The number of benzene rings is 2. The molecule has 19 heavy (non-hydrogen) atoms. The normalized spacial score (nSPS) is 11.3. The molecule has 0 heterocycles. The minimum atomic E-state index is -3.66. The van der Waals surface area contributed by atoms with Crippen molar-refractivity contribution >= 4 is 44.0 Å². The average molecular weight is 388 g/mol. The van der Waals surface area contributed by atoms with Crippen LogP contribution in [-0.2, 0) is 10.0 Å². The van der Waals surface area contributed by atoms with Gasteiger partial charge in [0.05, 0.1) is 11.4 Å². The van der Waals surface area contributed by atoms with E-state index in [1.54, 1.807) is 24.3 Å². The van der Waals surface area contributed by atoms with Gasteiger partial charge < -0.3 is 5.73 Å². The van der Waals surface area contributed by atoms with Crippen LogP contribution < -0.4 is 10.5 Å². The lowest BCUT2D eigenvalue weighted by molar-refractivity contribution is 0.601. The highest BCUT2D eigenvalue weighted by atomic mass is 127. The Balaban J connectivity index is 2.41. The van der Waals surface area contributed by atoms with E-state index in [4.69, 9.17) is 5.73 Å². The van der Waals surface area contributed by atoms with Gasteiger partial charge >= 0.3 is 0 Å². The molecule has 0 aliphatic heterocycles. The summed E-state index contributed by atoms with van der Waals surface area (Å²) in [7, 11) is -3.66. The van der Waals surface area contributed by atoms with Crippen LogP contribution in [0.4, 0.5) is 11.4 Å². The third-order valence-electron chi connectivity index (χ3n) is 2.57. The summed E-state index contributed by atoms with van der Waals surface area (Å²) in [6.45, 7) is 1.86. The molecule has 0 bridgehead atoms. The smallest absolute Gasteiger partial charge is 0.263 e. The second-order valence-corrected chi connectivity index (χ2v) is 6.94. The standard InChI is InChI=1S/C13H13IN2O2S/c1-9-6-7-13(11(15)8-9)19(17,18)16-12-5-3-2-4-10(12)14/h2-8,16H,15H2,1H3. The number of nitrogens with one attached hydrogen (secondary N) is 1. The minimum absolute atomic E-state index is 0.0951. The van der Waals surface area contributed by atoms with Crippen molar-refractivity contribution in [1.29, 1.82) is 0 Å². The van der Waals surface area contributed by atoms with Crippen molar-refractivity contribution in [2.75, 3.05) is 10.5 Å². The van der Waals surface area contributed by atoms with Crippen LogP contribution in [0.5, 0.6) is 0 Å². The van der Waals surface area contributed by atoms with Crippen LogP contribution in [0.2, 0.25) is 0 Å². The van der Waals surface area contributed by atoms with E-state index in [9.17, 15) is 8.42 Å².